The first-order chi connectivity index (χ1) is 9.93. The van der Waals surface area contributed by atoms with E-state index in [2.05, 4.69) is 50.1 Å². The Morgan fingerprint density at radius 3 is 2.48 bits per heavy atom. The maximum atomic E-state index is 11.4. The predicted octanol–water partition coefficient (Wildman–Crippen LogP) is 3.74. The van der Waals surface area contributed by atoms with Crippen molar-refractivity contribution in [1.82, 2.24) is 4.90 Å². The van der Waals surface area contributed by atoms with Gasteiger partial charge < -0.3 is 5.11 Å². The van der Waals surface area contributed by atoms with Crippen molar-refractivity contribution < 1.29 is 9.90 Å². The van der Waals surface area contributed by atoms with Crippen LogP contribution in [0.3, 0.4) is 0 Å². The Morgan fingerprint density at radius 2 is 1.86 bits per heavy atom. The number of rotatable bonds is 5. The molecule has 21 heavy (non-hydrogen) atoms. The molecule has 0 spiro atoms. The van der Waals surface area contributed by atoms with Gasteiger partial charge in [-0.15, -0.1) is 0 Å². The molecule has 3 heteroatoms. The zero-order valence-corrected chi connectivity index (χ0v) is 13.4. The molecule has 1 saturated carbocycles. The zero-order chi connectivity index (χ0) is 15.5. The van der Waals surface area contributed by atoms with Crippen LogP contribution in [0.5, 0.6) is 0 Å². The molecule has 0 radical (unpaired) electrons. The Hall–Kier alpha value is -1.35. The van der Waals surface area contributed by atoms with E-state index in [1.165, 1.54) is 5.56 Å². The summed E-state index contributed by atoms with van der Waals surface area (Å²) in [5.74, 6) is -0.525. The van der Waals surface area contributed by atoms with E-state index < -0.39 is 5.97 Å². The monoisotopic (exact) mass is 289 g/mol. The number of hydrogen-bond donors (Lipinski definition) is 1. The lowest BCUT2D eigenvalue weighted by atomic mass is 9.78. The van der Waals surface area contributed by atoms with Gasteiger partial charge in [-0.2, -0.15) is 0 Å². The fourth-order valence-corrected chi connectivity index (χ4v) is 3.40. The molecule has 1 aromatic rings. The molecule has 0 heterocycles. The number of nitrogens with zero attached hydrogens (tertiary/aromatic N) is 1. The van der Waals surface area contributed by atoms with E-state index in [1.54, 1.807) is 0 Å². The average Bonchev–Trinajstić information content (AvgIpc) is 2.48. The molecule has 0 aliphatic heterocycles. The van der Waals surface area contributed by atoms with Gasteiger partial charge >= 0.3 is 5.97 Å². The highest BCUT2D eigenvalue weighted by Gasteiger charge is 2.34. The van der Waals surface area contributed by atoms with Crippen LogP contribution in [0.4, 0.5) is 0 Å². The molecule has 2 rings (SSSR count). The molecular formula is C18H27NO2. The first-order valence-electron chi connectivity index (χ1n) is 7.92. The summed E-state index contributed by atoms with van der Waals surface area (Å²) in [6, 6.07) is 10.4. The van der Waals surface area contributed by atoms with E-state index in [1.807, 2.05) is 6.07 Å². The van der Waals surface area contributed by atoms with Crippen molar-refractivity contribution >= 4 is 5.97 Å². The molecule has 1 aromatic carbocycles. The second kappa shape index (κ2) is 6.61. The number of aliphatic carboxylic acids is 1. The molecule has 0 unspecified atom stereocenters. The molecule has 2 atom stereocenters. The lowest BCUT2D eigenvalue weighted by molar-refractivity contribution is -0.145. The van der Waals surface area contributed by atoms with Crippen LogP contribution in [0.15, 0.2) is 30.3 Å². The minimum Gasteiger partial charge on any atom is -0.481 e. The van der Waals surface area contributed by atoms with Gasteiger partial charge in [-0.1, -0.05) is 43.2 Å². The number of carboxylic acids is 1. The third-order valence-electron chi connectivity index (χ3n) is 5.17. The summed E-state index contributed by atoms with van der Waals surface area (Å²) in [5, 5.41) is 9.42. The molecule has 1 N–H and O–H groups in total. The SMILES string of the molecule is CN(C[C@H]1CCCC[C@@H]1C(=O)O)C(C)(C)c1ccccc1. The van der Waals surface area contributed by atoms with Crippen molar-refractivity contribution in [2.45, 2.75) is 45.1 Å². The van der Waals surface area contributed by atoms with E-state index in [-0.39, 0.29) is 17.4 Å². The van der Waals surface area contributed by atoms with Gasteiger partial charge in [0.15, 0.2) is 0 Å². The smallest absolute Gasteiger partial charge is 0.306 e. The molecule has 0 amide bonds. The van der Waals surface area contributed by atoms with Crippen LogP contribution in [0, 0.1) is 11.8 Å². The molecular weight excluding hydrogens is 262 g/mol. The Labute approximate surface area is 128 Å². The van der Waals surface area contributed by atoms with E-state index in [0.717, 1.165) is 32.2 Å². The molecule has 0 bridgehead atoms. The van der Waals surface area contributed by atoms with Crippen molar-refractivity contribution in [1.29, 1.82) is 0 Å². The maximum absolute atomic E-state index is 11.4. The fraction of sp³-hybridized carbons (Fsp3) is 0.611. The van der Waals surface area contributed by atoms with Gasteiger partial charge in [0.25, 0.3) is 0 Å². The largest absolute Gasteiger partial charge is 0.481 e. The van der Waals surface area contributed by atoms with E-state index in [4.69, 9.17) is 0 Å². The van der Waals surface area contributed by atoms with Crippen LogP contribution >= 0.6 is 0 Å². The van der Waals surface area contributed by atoms with E-state index in [9.17, 15) is 9.90 Å². The van der Waals surface area contributed by atoms with Crippen molar-refractivity contribution in [2.24, 2.45) is 11.8 Å². The third kappa shape index (κ3) is 3.65. The number of hydrogen-bond acceptors (Lipinski definition) is 2. The highest BCUT2D eigenvalue weighted by molar-refractivity contribution is 5.70. The first-order valence-corrected chi connectivity index (χ1v) is 7.92. The van der Waals surface area contributed by atoms with Gasteiger partial charge in [0.05, 0.1) is 5.92 Å². The zero-order valence-electron chi connectivity index (χ0n) is 13.4. The summed E-state index contributed by atoms with van der Waals surface area (Å²) in [5.41, 5.74) is 1.19. The van der Waals surface area contributed by atoms with Crippen molar-refractivity contribution in [2.75, 3.05) is 13.6 Å². The Bertz CT molecular complexity index is 469. The molecule has 116 valence electrons. The van der Waals surface area contributed by atoms with E-state index >= 15 is 0 Å². The minimum absolute atomic E-state index is 0.0816. The summed E-state index contributed by atoms with van der Waals surface area (Å²) in [6.45, 7) is 5.26. The van der Waals surface area contributed by atoms with Crippen LogP contribution in [0.2, 0.25) is 0 Å². The Kier molecular flexibility index (Phi) is 5.04. The molecule has 0 aromatic heterocycles. The fourth-order valence-electron chi connectivity index (χ4n) is 3.40. The quantitative estimate of drug-likeness (QED) is 0.897. The van der Waals surface area contributed by atoms with Crippen LogP contribution in [-0.4, -0.2) is 29.6 Å². The van der Waals surface area contributed by atoms with Crippen LogP contribution in [0.1, 0.15) is 45.1 Å². The summed E-state index contributed by atoms with van der Waals surface area (Å²) in [4.78, 5) is 13.8. The van der Waals surface area contributed by atoms with Gasteiger partial charge in [0.2, 0.25) is 0 Å². The number of benzene rings is 1. The van der Waals surface area contributed by atoms with Crippen LogP contribution in [0.25, 0.3) is 0 Å². The standard InChI is InChI=1S/C18H27NO2/c1-18(2,15-10-5-4-6-11-15)19(3)13-14-9-7-8-12-16(14)17(20)21/h4-6,10-11,14,16H,7-9,12-13H2,1-3H3,(H,20,21)/t14-,16+/m1/s1. The molecule has 1 fully saturated rings. The number of carbonyl (C=O) groups is 1. The van der Waals surface area contributed by atoms with Gasteiger partial charge in [-0.05, 0) is 45.2 Å². The third-order valence-corrected chi connectivity index (χ3v) is 5.17. The topological polar surface area (TPSA) is 40.5 Å². The second-order valence-electron chi connectivity index (χ2n) is 6.79. The van der Waals surface area contributed by atoms with Crippen LogP contribution in [-0.2, 0) is 10.3 Å². The molecule has 1 aliphatic carbocycles. The van der Waals surface area contributed by atoms with Crippen molar-refractivity contribution in [3.05, 3.63) is 35.9 Å². The van der Waals surface area contributed by atoms with Crippen molar-refractivity contribution in [3.8, 4) is 0 Å². The highest BCUT2D eigenvalue weighted by Crippen LogP contribution is 2.34. The predicted molar refractivity (Wildman–Crippen MR) is 85.2 cm³/mol. The summed E-state index contributed by atoms with van der Waals surface area (Å²) in [7, 11) is 2.11. The highest BCUT2D eigenvalue weighted by atomic mass is 16.4. The average molecular weight is 289 g/mol. The summed E-state index contributed by atoms with van der Waals surface area (Å²) < 4.78 is 0. The van der Waals surface area contributed by atoms with Gasteiger partial charge in [-0.25, -0.2) is 0 Å². The van der Waals surface area contributed by atoms with Gasteiger partial charge in [-0.3, -0.25) is 9.69 Å². The molecule has 1 aliphatic rings. The summed E-state index contributed by atoms with van der Waals surface area (Å²) >= 11 is 0. The minimum atomic E-state index is -0.620. The van der Waals surface area contributed by atoms with E-state index in [0.29, 0.717) is 0 Å². The van der Waals surface area contributed by atoms with Crippen molar-refractivity contribution in [3.63, 3.8) is 0 Å². The molecule has 3 nitrogen and oxygen atoms in total. The lowest BCUT2D eigenvalue weighted by Gasteiger charge is -2.40. The Balaban J connectivity index is 2.09. The second-order valence-corrected chi connectivity index (χ2v) is 6.79. The Morgan fingerprint density at radius 1 is 1.24 bits per heavy atom. The van der Waals surface area contributed by atoms with Gasteiger partial charge in [0.1, 0.15) is 0 Å². The lowest BCUT2D eigenvalue weighted by Crippen LogP contribution is -2.44. The molecule has 0 saturated heterocycles. The number of carboxylic acid groups (broad SMARTS) is 1. The first kappa shape index (κ1) is 16.0. The van der Waals surface area contributed by atoms with Crippen LogP contribution < -0.4 is 0 Å². The summed E-state index contributed by atoms with van der Waals surface area (Å²) in [6.07, 6.45) is 4.08. The van der Waals surface area contributed by atoms with Gasteiger partial charge in [0, 0.05) is 12.1 Å². The normalized spacial score (nSPS) is 23.2. The maximum Gasteiger partial charge on any atom is 0.306 e.